The van der Waals surface area contributed by atoms with Crippen LogP contribution in [0.3, 0.4) is 0 Å². The van der Waals surface area contributed by atoms with Crippen LogP contribution in [0, 0.1) is 0 Å². The van der Waals surface area contributed by atoms with Gasteiger partial charge in [0.2, 0.25) is 0 Å². The molecule has 0 radical (unpaired) electrons. The number of aryl methyl sites for hydroxylation is 1. The number of alkyl halides is 3. The highest BCUT2D eigenvalue weighted by atomic mass is 35.5. The lowest BCUT2D eigenvalue weighted by molar-refractivity contribution is -0.173. The Labute approximate surface area is 213 Å². The molecule has 12 heteroatoms. The lowest BCUT2D eigenvalue weighted by Gasteiger charge is -2.33. The normalized spacial score (nSPS) is 18.8. The molecular weight excluding hydrogens is 517 g/mol. The molecule has 36 heavy (non-hydrogen) atoms. The van der Waals surface area contributed by atoms with Gasteiger partial charge in [-0.05, 0) is 37.3 Å². The molecule has 7 nitrogen and oxygen atoms in total. The summed E-state index contributed by atoms with van der Waals surface area (Å²) in [6.45, 7) is 1.86. The van der Waals surface area contributed by atoms with Crippen LogP contribution in [-0.2, 0) is 17.6 Å². The zero-order valence-corrected chi connectivity index (χ0v) is 20.7. The maximum atomic E-state index is 14.0. The third-order valence-corrected chi connectivity index (χ3v) is 7.91. The number of rotatable bonds is 5. The average molecular weight is 539 g/mol. The molecule has 0 bridgehead atoms. The number of carbonyl (C=O) groups is 2. The highest BCUT2D eigenvalue weighted by molar-refractivity contribution is 7.17. The summed E-state index contributed by atoms with van der Waals surface area (Å²) in [6, 6.07) is 6.07. The Bertz CT molecular complexity index is 1320. The molecule has 0 spiro atoms. The summed E-state index contributed by atoms with van der Waals surface area (Å²) in [5.74, 6) is -1.43. The number of benzene rings is 1. The molecule has 3 aromatic rings. The lowest BCUT2D eigenvalue weighted by atomic mass is 9.97. The minimum Gasteiger partial charge on any atom is -0.462 e. The van der Waals surface area contributed by atoms with Crippen molar-refractivity contribution in [3.05, 3.63) is 62.6 Å². The second-order valence-electron chi connectivity index (χ2n) is 8.59. The molecule has 1 aliphatic heterocycles. The van der Waals surface area contributed by atoms with E-state index in [0.29, 0.717) is 17.5 Å². The largest absolute Gasteiger partial charge is 0.462 e. The van der Waals surface area contributed by atoms with Gasteiger partial charge in [0.05, 0.1) is 18.2 Å². The summed E-state index contributed by atoms with van der Waals surface area (Å²) >= 11 is 7.70. The Hall–Kier alpha value is -3.05. The predicted molar refractivity (Wildman–Crippen MR) is 130 cm³/mol. The quantitative estimate of drug-likeness (QED) is 0.379. The predicted octanol–water partition coefficient (Wildman–Crippen LogP) is 6.18. The van der Waals surface area contributed by atoms with Gasteiger partial charge < -0.3 is 15.4 Å². The molecule has 5 rings (SSSR count). The second kappa shape index (κ2) is 9.44. The molecule has 0 fully saturated rings. The number of anilines is 2. The van der Waals surface area contributed by atoms with Gasteiger partial charge in [-0.2, -0.15) is 18.3 Å². The minimum absolute atomic E-state index is 0.0801. The highest BCUT2D eigenvalue weighted by Crippen LogP contribution is 2.46. The molecule has 2 aliphatic rings. The van der Waals surface area contributed by atoms with E-state index >= 15 is 0 Å². The zero-order chi connectivity index (χ0) is 25.6. The van der Waals surface area contributed by atoms with Crippen LogP contribution in [0.5, 0.6) is 0 Å². The molecule has 1 aliphatic carbocycles. The Kier molecular flexibility index (Phi) is 6.46. The van der Waals surface area contributed by atoms with Crippen molar-refractivity contribution in [1.29, 1.82) is 0 Å². The highest BCUT2D eigenvalue weighted by Gasteiger charge is 2.48. The SMILES string of the molecule is CCOC(=O)c1c(NC(=O)c2nn3c(c2Cl)NC(c2ccccc2)CC3C(F)(F)F)sc2c1CCC2. The first-order valence-electron chi connectivity index (χ1n) is 11.5. The molecule has 190 valence electrons. The van der Waals surface area contributed by atoms with Gasteiger partial charge >= 0.3 is 12.1 Å². The van der Waals surface area contributed by atoms with Gasteiger partial charge in [0.15, 0.2) is 11.7 Å². The van der Waals surface area contributed by atoms with E-state index in [1.807, 2.05) is 0 Å². The van der Waals surface area contributed by atoms with Crippen molar-refractivity contribution in [3.8, 4) is 0 Å². The topological polar surface area (TPSA) is 85.2 Å². The Morgan fingerprint density at radius 2 is 2.03 bits per heavy atom. The van der Waals surface area contributed by atoms with Crippen LogP contribution in [0.25, 0.3) is 0 Å². The number of thiophene rings is 1. The summed E-state index contributed by atoms with van der Waals surface area (Å²) < 4.78 is 48.0. The molecule has 2 N–H and O–H groups in total. The molecule has 3 heterocycles. The standard InChI is InChI=1S/C24H22ClF3N4O3S/c1-2-35-23(34)17-13-9-6-10-15(13)36-22(17)30-21(33)19-18(25)20-29-14(12-7-4-3-5-8-12)11-16(24(26,27)28)32(20)31-19/h3-5,7-8,14,16,29H,2,6,9-11H2,1H3,(H,30,33). The number of hydrogen-bond donors (Lipinski definition) is 2. The first-order valence-corrected chi connectivity index (χ1v) is 12.7. The van der Waals surface area contributed by atoms with Crippen molar-refractivity contribution in [2.75, 3.05) is 17.2 Å². The van der Waals surface area contributed by atoms with E-state index in [2.05, 4.69) is 15.7 Å². The average Bonchev–Trinajstić information content (AvgIpc) is 3.51. The van der Waals surface area contributed by atoms with E-state index in [1.54, 1.807) is 37.3 Å². The van der Waals surface area contributed by atoms with Crippen LogP contribution < -0.4 is 10.6 Å². The number of fused-ring (bicyclic) bond motifs is 2. The Morgan fingerprint density at radius 1 is 1.28 bits per heavy atom. The molecule has 1 aromatic carbocycles. The number of nitrogens with one attached hydrogen (secondary N) is 2. The maximum Gasteiger partial charge on any atom is 0.410 e. The fourth-order valence-electron chi connectivity index (χ4n) is 4.71. The Morgan fingerprint density at radius 3 is 2.72 bits per heavy atom. The molecule has 0 saturated heterocycles. The van der Waals surface area contributed by atoms with E-state index in [-0.39, 0.29) is 34.6 Å². The molecule has 2 unspecified atom stereocenters. The van der Waals surface area contributed by atoms with Crippen molar-refractivity contribution >= 4 is 45.6 Å². The third kappa shape index (κ3) is 4.34. The van der Waals surface area contributed by atoms with Gasteiger partial charge in [-0.25, -0.2) is 9.48 Å². The summed E-state index contributed by atoms with van der Waals surface area (Å²) in [5, 5.41) is 9.71. The Balaban J connectivity index is 1.49. The molecule has 2 atom stereocenters. The number of amides is 1. The smallest absolute Gasteiger partial charge is 0.410 e. The van der Waals surface area contributed by atoms with E-state index in [9.17, 15) is 22.8 Å². The fraction of sp³-hybridized carbons (Fsp3) is 0.375. The van der Waals surface area contributed by atoms with Gasteiger partial charge in [-0.15, -0.1) is 11.3 Å². The van der Waals surface area contributed by atoms with E-state index in [1.165, 1.54) is 11.3 Å². The zero-order valence-electron chi connectivity index (χ0n) is 19.1. The van der Waals surface area contributed by atoms with Crippen LogP contribution >= 0.6 is 22.9 Å². The molecule has 2 aromatic heterocycles. The third-order valence-electron chi connectivity index (χ3n) is 6.34. The van der Waals surface area contributed by atoms with Crippen molar-refractivity contribution in [3.63, 3.8) is 0 Å². The number of hydrogen-bond acceptors (Lipinski definition) is 6. The van der Waals surface area contributed by atoms with Crippen LogP contribution in [0.2, 0.25) is 5.02 Å². The van der Waals surface area contributed by atoms with Gasteiger partial charge in [-0.3, -0.25) is 4.79 Å². The van der Waals surface area contributed by atoms with Crippen molar-refractivity contribution in [1.82, 2.24) is 9.78 Å². The second-order valence-corrected chi connectivity index (χ2v) is 10.1. The molecule has 1 amide bonds. The van der Waals surface area contributed by atoms with Gasteiger partial charge in [-0.1, -0.05) is 41.9 Å². The van der Waals surface area contributed by atoms with Crippen molar-refractivity contribution < 1.29 is 27.5 Å². The van der Waals surface area contributed by atoms with Crippen molar-refractivity contribution in [2.45, 2.75) is 50.9 Å². The van der Waals surface area contributed by atoms with E-state index < -0.39 is 30.1 Å². The number of carbonyl (C=O) groups excluding carboxylic acids is 2. The number of aromatic nitrogens is 2. The van der Waals surface area contributed by atoms with Crippen LogP contribution in [0.4, 0.5) is 24.0 Å². The van der Waals surface area contributed by atoms with Gasteiger partial charge in [0.25, 0.3) is 5.91 Å². The van der Waals surface area contributed by atoms with Crippen LogP contribution in [0.1, 0.15) is 68.7 Å². The number of nitrogens with zero attached hydrogens (tertiary/aromatic N) is 2. The van der Waals surface area contributed by atoms with Gasteiger partial charge in [0, 0.05) is 11.3 Å². The number of halogens is 4. The summed E-state index contributed by atoms with van der Waals surface area (Å²) in [4.78, 5) is 26.8. The number of esters is 1. The summed E-state index contributed by atoms with van der Waals surface area (Å²) in [5.41, 5.74) is 1.44. The monoisotopic (exact) mass is 538 g/mol. The maximum absolute atomic E-state index is 14.0. The van der Waals surface area contributed by atoms with E-state index in [0.717, 1.165) is 28.0 Å². The molecule has 0 saturated carbocycles. The first-order chi connectivity index (χ1) is 17.2. The summed E-state index contributed by atoms with van der Waals surface area (Å²) in [6.07, 6.45) is -2.56. The molecular formula is C24H22ClF3N4O3S. The van der Waals surface area contributed by atoms with Crippen molar-refractivity contribution in [2.24, 2.45) is 0 Å². The number of ether oxygens (including phenoxy) is 1. The summed E-state index contributed by atoms with van der Waals surface area (Å²) in [7, 11) is 0. The van der Waals surface area contributed by atoms with Gasteiger partial charge in [0.1, 0.15) is 15.8 Å². The minimum atomic E-state index is -4.61. The van der Waals surface area contributed by atoms with Crippen LogP contribution in [0.15, 0.2) is 30.3 Å². The van der Waals surface area contributed by atoms with Crippen LogP contribution in [-0.4, -0.2) is 34.4 Å². The fourth-order valence-corrected chi connectivity index (χ4v) is 6.25. The first kappa shape index (κ1) is 24.6. The van der Waals surface area contributed by atoms with E-state index in [4.69, 9.17) is 16.3 Å². The lowest BCUT2D eigenvalue weighted by Crippen LogP contribution is -2.35.